The molecule has 0 spiro atoms. The molecule has 1 amide bonds. The lowest BCUT2D eigenvalue weighted by atomic mass is 9.86. The predicted molar refractivity (Wildman–Crippen MR) is 135 cm³/mol. The molecule has 4 rings (SSSR count). The van der Waals surface area contributed by atoms with Crippen molar-refractivity contribution in [3.63, 3.8) is 0 Å². The van der Waals surface area contributed by atoms with E-state index < -0.39 is 27.3 Å². The molecule has 0 saturated carbocycles. The summed E-state index contributed by atoms with van der Waals surface area (Å²) in [7, 11) is -3.92. The summed E-state index contributed by atoms with van der Waals surface area (Å²) in [6.45, 7) is 6.07. The van der Waals surface area contributed by atoms with Gasteiger partial charge in [0.15, 0.2) is 0 Å². The van der Waals surface area contributed by atoms with Crippen molar-refractivity contribution in [3.05, 3.63) is 93.8 Å². The van der Waals surface area contributed by atoms with Crippen LogP contribution in [0.5, 0.6) is 0 Å². The quantitative estimate of drug-likeness (QED) is 0.434. The van der Waals surface area contributed by atoms with Gasteiger partial charge in [0, 0.05) is 33.8 Å². The van der Waals surface area contributed by atoms with Crippen molar-refractivity contribution in [1.29, 1.82) is 0 Å². The summed E-state index contributed by atoms with van der Waals surface area (Å²) in [4.78, 5) is 28.9. The molecule has 0 fully saturated rings. The third-order valence-corrected chi connectivity index (χ3v) is 6.35. The molecule has 7 nitrogen and oxygen atoms in total. The molecule has 0 aliphatic heterocycles. The molecule has 2 aromatic heterocycles. The van der Waals surface area contributed by atoms with Crippen molar-refractivity contribution in [2.45, 2.75) is 32.7 Å². The van der Waals surface area contributed by atoms with Crippen LogP contribution in [0.1, 0.15) is 42.4 Å². The zero-order valence-corrected chi connectivity index (χ0v) is 20.7. The van der Waals surface area contributed by atoms with Crippen LogP contribution in [0, 0.1) is 5.82 Å². The third-order valence-electron chi connectivity index (χ3n) is 5.80. The summed E-state index contributed by atoms with van der Waals surface area (Å²) < 4.78 is 42.2. The van der Waals surface area contributed by atoms with Crippen molar-refractivity contribution >= 4 is 26.8 Å². The highest BCUT2D eigenvalue weighted by atomic mass is 32.2. The first-order valence-electron chi connectivity index (χ1n) is 11.0. The molecular formula is C26H26FN3O4S. The second-order valence-electron chi connectivity index (χ2n) is 9.50. The van der Waals surface area contributed by atoms with E-state index in [1.54, 1.807) is 34.9 Å². The van der Waals surface area contributed by atoms with Crippen LogP contribution in [-0.2, 0) is 22.0 Å². The molecule has 0 aliphatic rings. The van der Waals surface area contributed by atoms with Gasteiger partial charge in [-0.3, -0.25) is 9.59 Å². The first-order valence-corrected chi connectivity index (χ1v) is 12.9. The number of amides is 1. The average Bonchev–Trinajstić information content (AvgIpc) is 3.07. The summed E-state index contributed by atoms with van der Waals surface area (Å²) in [5.74, 6) is -1.37. The van der Waals surface area contributed by atoms with Gasteiger partial charge >= 0.3 is 0 Å². The molecule has 2 heterocycles. The second-order valence-corrected chi connectivity index (χ2v) is 11.2. The SMILES string of the molecule is CC(C)(C)c1ccc2c(c1)c(-c1ccc[nH]c1=O)c(C(=O)NS(C)(=O)=O)n2Cc1ccccc1F. The van der Waals surface area contributed by atoms with Gasteiger partial charge in [-0.05, 0) is 41.3 Å². The van der Waals surface area contributed by atoms with Crippen LogP contribution in [0.4, 0.5) is 4.39 Å². The van der Waals surface area contributed by atoms with E-state index in [-0.39, 0.29) is 28.8 Å². The van der Waals surface area contributed by atoms with Crippen LogP contribution in [-0.4, -0.2) is 30.1 Å². The van der Waals surface area contributed by atoms with Crippen LogP contribution in [0.3, 0.4) is 0 Å². The number of sulfonamides is 1. The maximum Gasteiger partial charge on any atom is 0.282 e. The monoisotopic (exact) mass is 495 g/mol. The Bertz CT molecular complexity index is 1610. The summed E-state index contributed by atoms with van der Waals surface area (Å²) >= 11 is 0. The number of pyridine rings is 1. The summed E-state index contributed by atoms with van der Waals surface area (Å²) in [5.41, 5.74) is 1.60. The number of H-pyrrole nitrogens is 1. The number of hydrogen-bond donors (Lipinski definition) is 2. The van der Waals surface area contributed by atoms with Crippen LogP contribution in [0.25, 0.3) is 22.0 Å². The van der Waals surface area contributed by atoms with Gasteiger partial charge in [-0.1, -0.05) is 45.0 Å². The fourth-order valence-corrected chi connectivity index (χ4v) is 4.56. The molecule has 0 radical (unpaired) electrons. The van der Waals surface area contributed by atoms with Crippen molar-refractivity contribution in [3.8, 4) is 11.1 Å². The zero-order chi connectivity index (χ0) is 25.5. The Morgan fingerprint density at radius 1 is 1.09 bits per heavy atom. The lowest BCUT2D eigenvalue weighted by Crippen LogP contribution is -2.32. The largest absolute Gasteiger partial charge is 0.331 e. The summed E-state index contributed by atoms with van der Waals surface area (Å²) in [5, 5.41) is 0.587. The first kappa shape index (κ1) is 24.4. The lowest BCUT2D eigenvalue weighted by Gasteiger charge is -2.19. The number of nitrogens with zero attached hydrogens (tertiary/aromatic N) is 1. The van der Waals surface area contributed by atoms with E-state index in [9.17, 15) is 22.4 Å². The molecule has 9 heteroatoms. The summed E-state index contributed by atoms with van der Waals surface area (Å²) in [6.07, 6.45) is 2.35. The second kappa shape index (κ2) is 8.81. The Morgan fingerprint density at radius 2 is 1.80 bits per heavy atom. The van der Waals surface area contributed by atoms with E-state index in [1.807, 2.05) is 43.7 Å². The van der Waals surface area contributed by atoms with E-state index in [4.69, 9.17) is 0 Å². The zero-order valence-electron chi connectivity index (χ0n) is 19.8. The van der Waals surface area contributed by atoms with E-state index in [2.05, 4.69) is 4.98 Å². The Balaban J connectivity index is 2.14. The normalized spacial score (nSPS) is 12.1. The van der Waals surface area contributed by atoms with E-state index in [1.165, 1.54) is 12.3 Å². The minimum Gasteiger partial charge on any atom is -0.331 e. The van der Waals surface area contributed by atoms with E-state index in [0.717, 1.165) is 11.8 Å². The van der Waals surface area contributed by atoms with Crippen molar-refractivity contribution < 1.29 is 17.6 Å². The fraction of sp³-hybridized carbons (Fsp3) is 0.231. The Kier molecular flexibility index (Phi) is 6.14. The average molecular weight is 496 g/mol. The minimum absolute atomic E-state index is 0.0450. The van der Waals surface area contributed by atoms with Gasteiger partial charge in [0.1, 0.15) is 11.5 Å². The maximum absolute atomic E-state index is 14.6. The Labute approximate surface area is 202 Å². The number of benzene rings is 2. The van der Waals surface area contributed by atoms with Crippen molar-refractivity contribution in [2.24, 2.45) is 0 Å². The highest BCUT2D eigenvalue weighted by Crippen LogP contribution is 2.37. The number of rotatable bonds is 5. The summed E-state index contributed by atoms with van der Waals surface area (Å²) in [6, 6.07) is 15.0. The molecule has 4 aromatic rings. The number of nitrogens with one attached hydrogen (secondary N) is 2. The Hall–Kier alpha value is -3.72. The Morgan fingerprint density at radius 3 is 2.43 bits per heavy atom. The number of halogens is 1. The lowest BCUT2D eigenvalue weighted by molar-refractivity contribution is 0.0974. The van der Waals surface area contributed by atoms with Crippen LogP contribution >= 0.6 is 0 Å². The van der Waals surface area contributed by atoms with Gasteiger partial charge in [0.25, 0.3) is 11.5 Å². The van der Waals surface area contributed by atoms with Crippen LogP contribution in [0.15, 0.2) is 65.6 Å². The molecule has 35 heavy (non-hydrogen) atoms. The number of hydrogen-bond acceptors (Lipinski definition) is 4. The molecule has 0 bridgehead atoms. The number of fused-ring (bicyclic) bond motifs is 1. The van der Waals surface area contributed by atoms with Gasteiger partial charge in [0.05, 0.1) is 12.8 Å². The topological polar surface area (TPSA) is 101 Å². The van der Waals surface area contributed by atoms with Crippen molar-refractivity contribution in [1.82, 2.24) is 14.3 Å². The third kappa shape index (κ3) is 4.90. The minimum atomic E-state index is -3.92. The van der Waals surface area contributed by atoms with Crippen LogP contribution < -0.4 is 10.3 Å². The molecule has 0 aliphatic carbocycles. The standard InChI is InChI=1S/C26H26FN3O4S/c1-26(2,3)17-11-12-21-19(14-17)22(18-9-7-13-28-24(18)31)23(25(32)29-35(4,33)34)30(21)15-16-8-5-6-10-20(16)27/h5-14H,15H2,1-4H3,(H,28,31)(H,29,32). The van der Waals surface area contributed by atoms with Crippen molar-refractivity contribution in [2.75, 3.05) is 6.26 Å². The first-order chi connectivity index (χ1) is 16.4. The molecular weight excluding hydrogens is 469 g/mol. The molecule has 182 valence electrons. The number of carbonyl (C=O) groups is 1. The molecule has 0 saturated heterocycles. The molecule has 0 atom stereocenters. The number of aromatic amines is 1. The van der Waals surface area contributed by atoms with E-state index in [0.29, 0.717) is 16.5 Å². The number of carbonyl (C=O) groups excluding carboxylic acids is 1. The van der Waals surface area contributed by atoms with Gasteiger partial charge < -0.3 is 9.55 Å². The van der Waals surface area contributed by atoms with Gasteiger partial charge in [-0.2, -0.15) is 0 Å². The van der Waals surface area contributed by atoms with Gasteiger partial charge in [-0.25, -0.2) is 17.5 Å². The highest BCUT2D eigenvalue weighted by Gasteiger charge is 2.28. The van der Waals surface area contributed by atoms with Crippen LogP contribution in [0.2, 0.25) is 0 Å². The maximum atomic E-state index is 14.6. The van der Waals surface area contributed by atoms with Gasteiger partial charge in [0.2, 0.25) is 10.0 Å². The molecule has 0 unspecified atom stereocenters. The fourth-order valence-electron chi connectivity index (χ4n) is 4.13. The highest BCUT2D eigenvalue weighted by molar-refractivity contribution is 7.89. The number of aromatic nitrogens is 2. The van der Waals surface area contributed by atoms with E-state index >= 15 is 0 Å². The molecule has 2 N–H and O–H groups in total. The predicted octanol–water partition coefficient (Wildman–Crippen LogP) is 4.17. The van der Waals surface area contributed by atoms with Gasteiger partial charge in [-0.15, -0.1) is 0 Å². The smallest absolute Gasteiger partial charge is 0.282 e. The molecule has 2 aromatic carbocycles.